The molecule has 1 aliphatic heterocycles. The average molecular weight is 407 g/mol. The number of hydrogen-bond donors (Lipinski definition) is 0. The Morgan fingerprint density at radius 1 is 1.17 bits per heavy atom. The maximum Gasteiger partial charge on any atom is 0.232 e. The predicted octanol–water partition coefficient (Wildman–Crippen LogP) is 4.44. The fraction of sp³-hybridized carbons (Fsp3) is 0.348. The average Bonchev–Trinajstić information content (AvgIpc) is 3.36. The predicted molar refractivity (Wildman–Crippen MR) is 113 cm³/mol. The lowest BCUT2D eigenvalue weighted by molar-refractivity contribution is -0.117. The Kier molecular flexibility index (Phi) is 5.70. The van der Waals surface area contributed by atoms with E-state index in [4.69, 9.17) is 14.0 Å². The minimum absolute atomic E-state index is 0.0158. The quantitative estimate of drug-likeness (QED) is 0.576. The highest BCUT2D eigenvalue weighted by Gasteiger charge is 2.36. The first-order valence-electron chi connectivity index (χ1n) is 10.2. The van der Waals surface area contributed by atoms with Crippen molar-refractivity contribution in [3.05, 3.63) is 54.4 Å². The van der Waals surface area contributed by atoms with Crippen LogP contribution in [0.1, 0.15) is 39.0 Å². The van der Waals surface area contributed by atoms with E-state index in [1.165, 1.54) is 0 Å². The van der Waals surface area contributed by atoms with Crippen molar-refractivity contribution in [2.45, 2.75) is 39.2 Å². The summed E-state index contributed by atoms with van der Waals surface area (Å²) < 4.78 is 16.9. The van der Waals surface area contributed by atoms with Gasteiger partial charge in [-0.05, 0) is 57.2 Å². The third-order valence-electron chi connectivity index (χ3n) is 4.86. The number of rotatable bonds is 7. The molecule has 0 bridgehead atoms. The number of para-hydroxylation sites is 2. The molecule has 0 aliphatic carbocycles. The molecule has 7 nitrogen and oxygen atoms in total. The molecule has 7 heteroatoms. The molecule has 1 aromatic heterocycles. The SMILES string of the molecule is CCOc1ccccc1N1CC(c2nc(-c3ccc(OC(C)C)cc3)no2)CC1=O. The maximum atomic E-state index is 12.7. The Bertz CT molecular complexity index is 1010. The monoisotopic (exact) mass is 407 g/mol. The molecule has 0 radical (unpaired) electrons. The first-order chi connectivity index (χ1) is 14.5. The van der Waals surface area contributed by atoms with Gasteiger partial charge in [-0.1, -0.05) is 17.3 Å². The van der Waals surface area contributed by atoms with Gasteiger partial charge in [0.1, 0.15) is 11.5 Å². The summed E-state index contributed by atoms with van der Waals surface area (Å²) in [5.74, 6) is 2.32. The number of anilines is 1. The lowest BCUT2D eigenvalue weighted by Crippen LogP contribution is -2.25. The number of ether oxygens (including phenoxy) is 2. The molecule has 0 spiro atoms. The Labute approximate surface area is 175 Å². The van der Waals surface area contributed by atoms with E-state index in [1.54, 1.807) is 4.90 Å². The standard InChI is InChI=1S/C23H25N3O4/c1-4-28-20-8-6-5-7-19(20)26-14-17(13-21(26)27)23-24-22(25-30-23)16-9-11-18(12-10-16)29-15(2)3/h5-12,15,17H,4,13-14H2,1-3H3. The molecule has 2 aromatic carbocycles. The fourth-order valence-corrected chi connectivity index (χ4v) is 3.54. The van der Waals surface area contributed by atoms with Gasteiger partial charge in [0, 0.05) is 18.5 Å². The van der Waals surface area contributed by atoms with Gasteiger partial charge < -0.3 is 18.9 Å². The molecule has 1 atom stereocenters. The second kappa shape index (κ2) is 8.57. The normalized spacial score (nSPS) is 16.3. The molecule has 156 valence electrons. The van der Waals surface area contributed by atoms with Crippen LogP contribution in [-0.4, -0.2) is 35.3 Å². The van der Waals surface area contributed by atoms with Crippen LogP contribution in [0.3, 0.4) is 0 Å². The first kappa shape index (κ1) is 19.9. The summed E-state index contributed by atoms with van der Waals surface area (Å²) >= 11 is 0. The maximum absolute atomic E-state index is 12.7. The summed E-state index contributed by atoms with van der Waals surface area (Å²) in [5.41, 5.74) is 1.61. The van der Waals surface area contributed by atoms with E-state index in [0.29, 0.717) is 37.0 Å². The molecular weight excluding hydrogens is 382 g/mol. The van der Waals surface area contributed by atoms with Gasteiger partial charge in [-0.3, -0.25) is 4.79 Å². The van der Waals surface area contributed by atoms with E-state index < -0.39 is 0 Å². The Hall–Kier alpha value is -3.35. The fourth-order valence-electron chi connectivity index (χ4n) is 3.54. The molecule has 4 rings (SSSR count). The zero-order valence-corrected chi connectivity index (χ0v) is 17.4. The van der Waals surface area contributed by atoms with Crippen LogP contribution in [0.15, 0.2) is 53.1 Å². The molecule has 30 heavy (non-hydrogen) atoms. The summed E-state index contributed by atoms with van der Waals surface area (Å²) in [7, 11) is 0. The van der Waals surface area contributed by atoms with E-state index in [-0.39, 0.29) is 17.9 Å². The number of hydrogen-bond acceptors (Lipinski definition) is 6. The summed E-state index contributed by atoms with van der Waals surface area (Å²) in [6.07, 6.45) is 0.437. The highest BCUT2D eigenvalue weighted by Crippen LogP contribution is 2.36. The summed E-state index contributed by atoms with van der Waals surface area (Å²) in [6.45, 7) is 6.91. The second-order valence-corrected chi connectivity index (χ2v) is 7.45. The van der Waals surface area contributed by atoms with Crippen LogP contribution >= 0.6 is 0 Å². The smallest absolute Gasteiger partial charge is 0.232 e. The number of aromatic nitrogens is 2. The summed E-state index contributed by atoms with van der Waals surface area (Å²) in [5, 5.41) is 4.11. The zero-order valence-electron chi connectivity index (χ0n) is 17.4. The van der Waals surface area contributed by atoms with E-state index in [1.807, 2.05) is 69.3 Å². The van der Waals surface area contributed by atoms with Crippen molar-refractivity contribution in [3.8, 4) is 22.9 Å². The van der Waals surface area contributed by atoms with Gasteiger partial charge in [0.05, 0.1) is 24.3 Å². The van der Waals surface area contributed by atoms with Crippen molar-refractivity contribution in [3.63, 3.8) is 0 Å². The van der Waals surface area contributed by atoms with Gasteiger partial charge in [-0.2, -0.15) is 4.98 Å². The van der Waals surface area contributed by atoms with Crippen LogP contribution in [0.25, 0.3) is 11.4 Å². The van der Waals surface area contributed by atoms with Crippen LogP contribution in [0, 0.1) is 0 Å². The van der Waals surface area contributed by atoms with Crippen LogP contribution in [-0.2, 0) is 4.79 Å². The van der Waals surface area contributed by atoms with Crippen molar-refractivity contribution in [1.82, 2.24) is 10.1 Å². The summed E-state index contributed by atoms with van der Waals surface area (Å²) in [6, 6.07) is 15.1. The second-order valence-electron chi connectivity index (χ2n) is 7.45. The minimum atomic E-state index is -0.156. The van der Waals surface area contributed by atoms with E-state index >= 15 is 0 Å². The van der Waals surface area contributed by atoms with Gasteiger partial charge in [0.25, 0.3) is 0 Å². The van der Waals surface area contributed by atoms with Crippen molar-refractivity contribution >= 4 is 11.6 Å². The van der Waals surface area contributed by atoms with Crippen LogP contribution < -0.4 is 14.4 Å². The molecule has 3 aromatic rings. The van der Waals surface area contributed by atoms with E-state index in [0.717, 1.165) is 17.0 Å². The van der Waals surface area contributed by atoms with Gasteiger partial charge in [-0.15, -0.1) is 0 Å². The van der Waals surface area contributed by atoms with Crippen molar-refractivity contribution in [1.29, 1.82) is 0 Å². The lowest BCUT2D eigenvalue weighted by atomic mass is 10.1. The number of amides is 1. The van der Waals surface area contributed by atoms with Crippen molar-refractivity contribution in [2.75, 3.05) is 18.1 Å². The van der Waals surface area contributed by atoms with Gasteiger partial charge >= 0.3 is 0 Å². The molecule has 0 N–H and O–H groups in total. The molecule has 1 saturated heterocycles. The topological polar surface area (TPSA) is 77.7 Å². The van der Waals surface area contributed by atoms with Gasteiger partial charge in [0.15, 0.2) is 0 Å². The van der Waals surface area contributed by atoms with Crippen molar-refractivity contribution in [2.24, 2.45) is 0 Å². The first-order valence-corrected chi connectivity index (χ1v) is 10.2. The van der Waals surface area contributed by atoms with Gasteiger partial charge in [0.2, 0.25) is 17.6 Å². The van der Waals surface area contributed by atoms with Crippen LogP contribution in [0.2, 0.25) is 0 Å². The van der Waals surface area contributed by atoms with E-state index in [9.17, 15) is 4.79 Å². The molecule has 0 saturated carbocycles. The van der Waals surface area contributed by atoms with E-state index in [2.05, 4.69) is 10.1 Å². The Morgan fingerprint density at radius 2 is 1.93 bits per heavy atom. The van der Waals surface area contributed by atoms with Crippen LogP contribution in [0.4, 0.5) is 5.69 Å². The molecule has 2 heterocycles. The highest BCUT2D eigenvalue weighted by atomic mass is 16.5. The Balaban J connectivity index is 1.50. The molecule has 1 aliphatic rings. The largest absolute Gasteiger partial charge is 0.492 e. The van der Waals surface area contributed by atoms with Gasteiger partial charge in [-0.25, -0.2) is 0 Å². The minimum Gasteiger partial charge on any atom is -0.492 e. The third-order valence-corrected chi connectivity index (χ3v) is 4.86. The number of nitrogens with zero attached hydrogens (tertiary/aromatic N) is 3. The number of carbonyl (C=O) groups excluding carboxylic acids is 1. The molecule has 1 fully saturated rings. The summed E-state index contributed by atoms with van der Waals surface area (Å²) in [4.78, 5) is 19.0. The zero-order chi connectivity index (χ0) is 21.1. The highest BCUT2D eigenvalue weighted by molar-refractivity contribution is 5.97. The number of benzene rings is 2. The Morgan fingerprint density at radius 3 is 2.67 bits per heavy atom. The van der Waals surface area contributed by atoms with Crippen LogP contribution in [0.5, 0.6) is 11.5 Å². The molecular formula is C23H25N3O4. The molecule has 1 amide bonds. The number of carbonyl (C=O) groups is 1. The third kappa shape index (κ3) is 4.15. The molecule has 1 unspecified atom stereocenters. The van der Waals surface area contributed by atoms with Crippen molar-refractivity contribution < 1.29 is 18.8 Å². The lowest BCUT2D eigenvalue weighted by Gasteiger charge is -2.19.